The minimum absolute atomic E-state index is 0.00354. The highest BCUT2D eigenvalue weighted by molar-refractivity contribution is 6.37. The van der Waals surface area contributed by atoms with Crippen molar-refractivity contribution in [2.24, 2.45) is 0 Å². The number of benzene rings is 3. The average Bonchev–Trinajstić information content (AvgIpc) is 2.79. The summed E-state index contributed by atoms with van der Waals surface area (Å²) in [5, 5.41) is 12.2. The normalized spacial score (nSPS) is 12.1. The second-order valence-corrected chi connectivity index (χ2v) is 7.81. The van der Waals surface area contributed by atoms with Crippen LogP contribution in [0, 0.1) is 10.1 Å². The van der Waals surface area contributed by atoms with Crippen LogP contribution in [0.5, 0.6) is 0 Å². The summed E-state index contributed by atoms with van der Waals surface area (Å²) in [6.45, 7) is -0.760. The minimum atomic E-state index is -1.21. The molecule has 164 valence electrons. The second-order valence-electron chi connectivity index (χ2n) is 6.97. The Morgan fingerprint density at radius 2 is 1.52 bits per heavy atom. The predicted molar refractivity (Wildman–Crippen MR) is 117 cm³/mol. The molecule has 0 fully saturated rings. The van der Waals surface area contributed by atoms with E-state index >= 15 is 0 Å². The lowest BCUT2D eigenvalue weighted by Crippen LogP contribution is -2.24. The molecule has 0 spiro atoms. The van der Waals surface area contributed by atoms with Crippen LogP contribution in [0.15, 0.2) is 54.6 Å². The van der Waals surface area contributed by atoms with Gasteiger partial charge in [-0.25, -0.2) is 4.79 Å². The maximum Gasteiger partial charge on any atom is 0.345 e. The fourth-order valence-electron chi connectivity index (χ4n) is 3.53. The molecule has 4 rings (SSSR count). The SMILES string of the molecule is O=C(COC(=O)c1ccc2c(c1[N+](=O)[O-])C(=O)c1ccccc1C2=O)c1ccc(Cl)cc1Cl. The number of nitro benzene ring substituents is 1. The van der Waals surface area contributed by atoms with Gasteiger partial charge in [0.15, 0.2) is 12.4 Å². The Morgan fingerprint density at radius 1 is 0.879 bits per heavy atom. The van der Waals surface area contributed by atoms with E-state index in [-0.39, 0.29) is 27.3 Å². The smallest absolute Gasteiger partial charge is 0.345 e. The van der Waals surface area contributed by atoms with Gasteiger partial charge in [0.05, 0.1) is 9.95 Å². The Kier molecular flexibility index (Phi) is 5.80. The summed E-state index contributed by atoms with van der Waals surface area (Å²) in [6.07, 6.45) is 0. The molecule has 3 aromatic carbocycles. The number of halogens is 2. The first-order chi connectivity index (χ1) is 15.7. The van der Waals surface area contributed by atoms with Gasteiger partial charge in [0.2, 0.25) is 11.6 Å². The highest BCUT2D eigenvalue weighted by Crippen LogP contribution is 2.35. The maximum absolute atomic E-state index is 13.0. The van der Waals surface area contributed by atoms with Crippen LogP contribution >= 0.6 is 23.2 Å². The first-order valence-electron chi connectivity index (χ1n) is 9.36. The van der Waals surface area contributed by atoms with Crippen molar-refractivity contribution in [1.82, 2.24) is 0 Å². The number of hydrogen-bond acceptors (Lipinski definition) is 7. The summed E-state index contributed by atoms with van der Waals surface area (Å²) in [5.41, 5.74) is -1.94. The monoisotopic (exact) mass is 483 g/mol. The molecular formula is C23H11Cl2NO7. The van der Waals surface area contributed by atoms with Crippen molar-refractivity contribution in [3.63, 3.8) is 0 Å². The molecule has 0 heterocycles. The summed E-state index contributed by atoms with van der Waals surface area (Å²) >= 11 is 11.8. The third-order valence-corrected chi connectivity index (χ3v) is 5.58. The molecule has 0 radical (unpaired) electrons. The van der Waals surface area contributed by atoms with Crippen molar-refractivity contribution in [2.75, 3.05) is 6.61 Å². The lowest BCUT2D eigenvalue weighted by atomic mass is 9.82. The van der Waals surface area contributed by atoms with Gasteiger partial charge in [0, 0.05) is 27.3 Å². The van der Waals surface area contributed by atoms with Gasteiger partial charge in [-0.15, -0.1) is 0 Å². The number of fused-ring (bicyclic) bond motifs is 2. The van der Waals surface area contributed by atoms with Gasteiger partial charge in [0.1, 0.15) is 11.1 Å². The van der Waals surface area contributed by atoms with Crippen LogP contribution in [0.2, 0.25) is 10.0 Å². The van der Waals surface area contributed by atoms with E-state index in [0.29, 0.717) is 5.02 Å². The summed E-state index contributed by atoms with van der Waals surface area (Å²) in [6, 6.07) is 12.2. The molecule has 0 aliphatic heterocycles. The summed E-state index contributed by atoms with van der Waals surface area (Å²) in [4.78, 5) is 61.7. The van der Waals surface area contributed by atoms with Crippen LogP contribution in [0.3, 0.4) is 0 Å². The van der Waals surface area contributed by atoms with Gasteiger partial charge in [0.25, 0.3) is 5.69 Å². The number of ether oxygens (including phenoxy) is 1. The van der Waals surface area contributed by atoms with E-state index in [4.69, 9.17) is 27.9 Å². The summed E-state index contributed by atoms with van der Waals surface area (Å²) in [5.74, 6) is -3.20. The van der Waals surface area contributed by atoms with Crippen molar-refractivity contribution < 1.29 is 28.8 Å². The van der Waals surface area contributed by atoms with Gasteiger partial charge in [-0.3, -0.25) is 24.5 Å². The van der Waals surface area contributed by atoms with Gasteiger partial charge in [-0.05, 0) is 30.3 Å². The van der Waals surface area contributed by atoms with Crippen molar-refractivity contribution in [3.05, 3.63) is 108 Å². The van der Waals surface area contributed by atoms with Crippen molar-refractivity contribution >= 4 is 52.2 Å². The van der Waals surface area contributed by atoms with E-state index in [1.54, 1.807) is 6.07 Å². The molecule has 0 amide bonds. The van der Waals surface area contributed by atoms with E-state index < -0.39 is 51.7 Å². The number of carbonyl (C=O) groups is 4. The molecule has 8 nitrogen and oxygen atoms in total. The molecular weight excluding hydrogens is 473 g/mol. The number of nitrogens with zero attached hydrogens (tertiary/aromatic N) is 1. The zero-order chi connectivity index (χ0) is 23.9. The van der Waals surface area contributed by atoms with Gasteiger partial charge in [-0.2, -0.15) is 0 Å². The molecule has 1 aliphatic carbocycles. The molecule has 0 saturated heterocycles. The second kappa shape index (κ2) is 8.57. The predicted octanol–water partition coefficient (Wildman–Crippen LogP) is 4.72. The van der Waals surface area contributed by atoms with E-state index in [0.717, 1.165) is 12.1 Å². The highest BCUT2D eigenvalue weighted by Gasteiger charge is 2.39. The molecule has 0 saturated carbocycles. The third kappa shape index (κ3) is 3.90. The first kappa shape index (κ1) is 22.3. The molecule has 0 N–H and O–H groups in total. The van der Waals surface area contributed by atoms with Crippen LogP contribution in [0.4, 0.5) is 5.69 Å². The van der Waals surface area contributed by atoms with E-state index in [9.17, 15) is 29.3 Å². The number of Topliss-reactive ketones (excluding diaryl/α,β-unsaturated/α-hetero) is 1. The van der Waals surface area contributed by atoms with Crippen LogP contribution in [0.1, 0.15) is 52.6 Å². The summed E-state index contributed by atoms with van der Waals surface area (Å²) in [7, 11) is 0. The number of esters is 1. The maximum atomic E-state index is 13.0. The molecule has 3 aromatic rings. The van der Waals surface area contributed by atoms with E-state index in [1.165, 1.54) is 36.4 Å². The Bertz CT molecular complexity index is 1400. The van der Waals surface area contributed by atoms with Crippen LogP contribution in [0.25, 0.3) is 0 Å². The number of rotatable bonds is 5. The lowest BCUT2D eigenvalue weighted by Gasteiger charge is -2.18. The van der Waals surface area contributed by atoms with Gasteiger partial charge >= 0.3 is 5.97 Å². The van der Waals surface area contributed by atoms with Crippen molar-refractivity contribution in [1.29, 1.82) is 0 Å². The molecule has 0 atom stereocenters. The van der Waals surface area contributed by atoms with Crippen LogP contribution < -0.4 is 0 Å². The molecule has 0 aromatic heterocycles. The number of ketones is 3. The number of nitro groups is 1. The van der Waals surface area contributed by atoms with Crippen molar-refractivity contribution in [3.8, 4) is 0 Å². The quantitative estimate of drug-likeness (QED) is 0.174. The standard InChI is InChI=1S/C23H11Cl2NO7/c24-11-5-6-14(17(25)9-11)18(27)10-33-23(30)16-8-7-15-19(20(16)26(31)32)22(29)13-4-2-1-3-12(13)21(15)28/h1-9H,10H2. The highest BCUT2D eigenvalue weighted by atomic mass is 35.5. The zero-order valence-electron chi connectivity index (χ0n) is 16.5. The average molecular weight is 484 g/mol. The molecule has 1 aliphatic rings. The lowest BCUT2D eigenvalue weighted by molar-refractivity contribution is -0.385. The van der Waals surface area contributed by atoms with Crippen molar-refractivity contribution in [2.45, 2.75) is 0 Å². The molecule has 0 bridgehead atoms. The zero-order valence-corrected chi connectivity index (χ0v) is 18.0. The first-order valence-corrected chi connectivity index (χ1v) is 10.1. The fourth-order valence-corrected chi connectivity index (χ4v) is 4.04. The minimum Gasteiger partial charge on any atom is -0.454 e. The van der Waals surface area contributed by atoms with Crippen LogP contribution in [-0.4, -0.2) is 34.8 Å². The van der Waals surface area contributed by atoms with Gasteiger partial charge < -0.3 is 4.74 Å². The van der Waals surface area contributed by atoms with E-state index in [2.05, 4.69) is 0 Å². The number of carbonyl (C=O) groups excluding carboxylic acids is 4. The molecule has 10 heteroatoms. The Morgan fingerprint density at radius 3 is 2.15 bits per heavy atom. The van der Waals surface area contributed by atoms with Gasteiger partial charge in [-0.1, -0.05) is 47.5 Å². The van der Waals surface area contributed by atoms with E-state index in [1.807, 2.05) is 0 Å². The van der Waals surface area contributed by atoms with Crippen LogP contribution in [-0.2, 0) is 4.74 Å². The molecule has 33 heavy (non-hydrogen) atoms. The Hall–Kier alpha value is -3.88. The Balaban J connectivity index is 1.68. The molecule has 0 unspecified atom stereocenters. The topological polar surface area (TPSA) is 121 Å². The largest absolute Gasteiger partial charge is 0.454 e. The summed E-state index contributed by atoms with van der Waals surface area (Å²) < 4.78 is 4.96. The number of hydrogen-bond donors (Lipinski definition) is 0. The Labute approximate surface area is 195 Å². The third-order valence-electron chi connectivity index (χ3n) is 5.03. The fraction of sp³-hybridized carbons (Fsp3) is 0.0435.